The minimum atomic E-state index is 0.922. The van der Waals surface area contributed by atoms with Crippen molar-refractivity contribution in [3.8, 4) is 33.9 Å². The molecule has 44 heavy (non-hydrogen) atoms. The van der Waals surface area contributed by atoms with E-state index >= 15 is 0 Å². The monoisotopic (exact) mass is 562 g/mol. The van der Waals surface area contributed by atoms with E-state index in [9.17, 15) is 0 Å². The predicted molar refractivity (Wildman–Crippen MR) is 182 cm³/mol. The Morgan fingerprint density at radius 3 is 1.64 bits per heavy atom. The van der Waals surface area contributed by atoms with Crippen LogP contribution >= 0.6 is 0 Å². The highest BCUT2D eigenvalue weighted by Gasteiger charge is 2.24. The van der Waals surface area contributed by atoms with Gasteiger partial charge >= 0.3 is 0 Å². The number of pyridine rings is 2. The zero-order chi connectivity index (χ0) is 29.0. The van der Waals surface area contributed by atoms with E-state index in [1.54, 1.807) is 0 Å². The molecule has 0 bridgehead atoms. The largest absolute Gasteiger partial charge is 0.309 e. The van der Waals surface area contributed by atoms with Crippen LogP contribution in [0, 0.1) is 0 Å². The number of hydrogen-bond donors (Lipinski definition) is 0. The Hall–Kier alpha value is -6.00. The molecule has 0 aliphatic carbocycles. The molecule has 4 heterocycles. The van der Waals surface area contributed by atoms with Gasteiger partial charge in [0.25, 0.3) is 0 Å². The zero-order valence-electron chi connectivity index (χ0n) is 23.8. The summed E-state index contributed by atoms with van der Waals surface area (Å²) in [5, 5.41) is 4.91. The number of nitrogens with zero attached hydrogens (tertiary/aromatic N) is 4. The molecule has 0 spiro atoms. The average molecular weight is 563 g/mol. The molecule has 4 aromatic heterocycles. The van der Waals surface area contributed by atoms with Crippen molar-refractivity contribution in [1.29, 1.82) is 0 Å². The summed E-state index contributed by atoms with van der Waals surface area (Å²) in [6.45, 7) is 0. The van der Waals surface area contributed by atoms with Crippen LogP contribution in [0.2, 0.25) is 0 Å². The smallest absolute Gasteiger partial charge is 0.0723 e. The number of aromatic nitrogens is 4. The summed E-state index contributed by atoms with van der Waals surface area (Å²) in [5.41, 5.74) is 10.8. The average Bonchev–Trinajstić information content (AvgIpc) is 3.62. The molecule has 0 saturated carbocycles. The molecule has 4 heteroatoms. The fraction of sp³-hybridized carbons (Fsp3) is 0. The van der Waals surface area contributed by atoms with Gasteiger partial charge in [-0.25, -0.2) is 0 Å². The molecule has 0 fully saturated rings. The second kappa shape index (κ2) is 9.79. The van der Waals surface area contributed by atoms with Crippen molar-refractivity contribution < 1.29 is 0 Å². The predicted octanol–water partition coefficient (Wildman–Crippen LogP) is 10.0. The van der Waals surface area contributed by atoms with Crippen molar-refractivity contribution in [2.45, 2.75) is 0 Å². The molecule has 0 saturated heterocycles. The Balaban J connectivity index is 1.50. The maximum atomic E-state index is 4.81. The SMILES string of the molecule is c1ccc(-n2c3ccccc3c3ccc4c(c5ccccc5n4-c4c(-c5ccccn5)cccc4-c4ccccn4)c32)cc1. The Labute approximate surface area is 254 Å². The third-order valence-electron chi connectivity index (χ3n) is 8.63. The lowest BCUT2D eigenvalue weighted by molar-refractivity contribution is 1.16. The molecule has 0 atom stereocenters. The van der Waals surface area contributed by atoms with Gasteiger partial charge in [-0.2, -0.15) is 0 Å². The normalized spacial score (nSPS) is 11.6. The summed E-state index contributed by atoms with van der Waals surface area (Å²) >= 11 is 0. The Kier molecular flexibility index (Phi) is 5.47. The molecule has 9 rings (SSSR count). The minimum absolute atomic E-state index is 0.922. The molecule has 0 N–H and O–H groups in total. The molecule has 0 aliphatic rings. The molecule has 0 amide bonds. The standard InChI is InChI=1S/C40H26N4/c1-2-13-27(14-3-1)43-35-21-6-4-15-28(35)29-23-24-37-38(40(29)43)32-16-5-7-22-36(32)44(37)39-30(33-19-8-10-25-41-33)17-12-18-31(39)34-20-9-11-26-42-34/h1-26H. The Bertz CT molecular complexity index is 2420. The second-order valence-corrected chi connectivity index (χ2v) is 11.0. The Morgan fingerprint density at radius 1 is 0.386 bits per heavy atom. The summed E-state index contributed by atoms with van der Waals surface area (Å²) in [4.78, 5) is 9.62. The zero-order valence-corrected chi connectivity index (χ0v) is 23.8. The molecule has 0 aliphatic heterocycles. The van der Waals surface area contributed by atoms with Crippen molar-refractivity contribution in [2.75, 3.05) is 0 Å². The third kappa shape index (κ3) is 3.58. The number of hydrogen-bond acceptors (Lipinski definition) is 2. The van der Waals surface area contributed by atoms with Gasteiger partial charge in [0, 0.05) is 50.8 Å². The fourth-order valence-electron chi connectivity index (χ4n) is 6.84. The van der Waals surface area contributed by atoms with E-state index in [-0.39, 0.29) is 0 Å². The van der Waals surface area contributed by atoms with Crippen LogP contribution in [-0.4, -0.2) is 19.1 Å². The lowest BCUT2D eigenvalue weighted by atomic mass is 10.0. The summed E-state index contributed by atoms with van der Waals surface area (Å²) in [7, 11) is 0. The first-order chi connectivity index (χ1) is 21.9. The highest BCUT2D eigenvalue weighted by atomic mass is 15.0. The van der Waals surface area contributed by atoms with Crippen molar-refractivity contribution >= 4 is 43.6 Å². The highest BCUT2D eigenvalue weighted by molar-refractivity contribution is 6.26. The van der Waals surface area contributed by atoms with E-state index in [0.29, 0.717) is 0 Å². The van der Waals surface area contributed by atoms with E-state index in [1.165, 1.54) is 32.6 Å². The van der Waals surface area contributed by atoms with Crippen molar-refractivity contribution in [1.82, 2.24) is 19.1 Å². The fourth-order valence-corrected chi connectivity index (χ4v) is 6.84. The van der Waals surface area contributed by atoms with Crippen molar-refractivity contribution in [2.24, 2.45) is 0 Å². The number of benzene rings is 5. The van der Waals surface area contributed by atoms with E-state index in [4.69, 9.17) is 9.97 Å². The van der Waals surface area contributed by atoms with E-state index in [0.717, 1.165) is 44.9 Å². The van der Waals surface area contributed by atoms with E-state index in [2.05, 4.69) is 130 Å². The van der Waals surface area contributed by atoms with Gasteiger partial charge in [-0.1, -0.05) is 91.0 Å². The maximum absolute atomic E-state index is 4.81. The lowest BCUT2D eigenvalue weighted by Gasteiger charge is -2.18. The highest BCUT2D eigenvalue weighted by Crippen LogP contribution is 2.44. The van der Waals surface area contributed by atoms with Crippen LogP contribution in [0.15, 0.2) is 158 Å². The number of rotatable bonds is 4. The van der Waals surface area contributed by atoms with Gasteiger partial charge in [0.15, 0.2) is 0 Å². The summed E-state index contributed by atoms with van der Waals surface area (Å²) in [6.07, 6.45) is 3.72. The third-order valence-corrected chi connectivity index (χ3v) is 8.63. The summed E-state index contributed by atoms with van der Waals surface area (Å²) in [5.74, 6) is 0. The van der Waals surface area contributed by atoms with Crippen LogP contribution in [0.25, 0.3) is 77.5 Å². The molecule has 9 aromatic rings. The first kappa shape index (κ1) is 24.6. The van der Waals surface area contributed by atoms with Crippen LogP contribution < -0.4 is 0 Å². The molecular formula is C40H26N4. The van der Waals surface area contributed by atoms with Gasteiger partial charge in [-0.3, -0.25) is 9.97 Å². The van der Waals surface area contributed by atoms with E-state index < -0.39 is 0 Å². The summed E-state index contributed by atoms with van der Waals surface area (Å²) in [6, 6.07) is 51.4. The van der Waals surface area contributed by atoms with Crippen molar-refractivity contribution in [3.63, 3.8) is 0 Å². The topological polar surface area (TPSA) is 35.6 Å². The van der Waals surface area contributed by atoms with E-state index in [1.807, 2.05) is 36.7 Å². The molecule has 0 unspecified atom stereocenters. The van der Waals surface area contributed by atoms with Crippen LogP contribution in [0.5, 0.6) is 0 Å². The number of para-hydroxylation sites is 4. The van der Waals surface area contributed by atoms with Crippen LogP contribution in [-0.2, 0) is 0 Å². The van der Waals surface area contributed by atoms with Crippen LogP contribution in [0.4, 0.5) is 0 Å². The molecule has 5 aromatic carbocycles. The lowest BCUT2D eigenvalue weighted by Crippen LogP contribution is -2.02. The summed E-state index contributed by atoms with van der Waals surface area (Å²) < 4.78 is 4.85. The van der Waals surface area contributed by atoms with Gasteiger partial charge < -0.3 is 9.13 Å². The van der Waals surface area contributed by atoms with Gasteiger partial charge in [0.1, 0.15) is 0 Å². The Morgan fingerprint density at radius 2 is 0.977 bits per heavy atom. The minimum Gasteiger partial charge on any atom is -0.309 e. The second-order valence-electron chi connectivity index (χ2n) is 11.0. The van der Waals surface area contributed by atoms with Crippen LogP contribution in [0.1, 0.15) is 0 Å². The quantitative estimate of drug-likeness (QED) is 0.214. The van der Waals surface area contributed by atoms with Gasteiger partial charge in [0.05, 0.1) is 39.1 Å². The first-order valence-corrected chi connectivity index (χ1v) is 14.9. The van der Waals surface area contributed by atoms with Crippen molar-refractivity contribution in [3.05, 3.63) is 158 Å². The van der Waals surface area contributed by atoms with Gasteiger partial charge in [-0.05, 0) is 54.6 Å². The molecular weight excluding hydrogens is 536 g/mol. The van der Waals surface area contributed by atoms with Crippen LogP contribution in [0.3, 0.4) is 0 Å². The number of fused-ring (bicyclic) bond motifs is 7. The maximum Gasteiger partial charge on any atom is 0.0723 e. The van der Waals surface area contributed by atoms with Gasteiger partial charge in [0.2, 0.25) is 0 Å². The molecule has 4 nitrogen and oxygen atoms in total. The first-order valence-electron chi connectivity index (χ1n) is 14.9. The van der Waals surface area contributed by atoms with Gasteiger partial charge in [-0.15, -0.1) is 0 Å². The molecule has 206 valence electrons. The molecule has 0 radical (unpaired) electrons.